The van der Waals surface area contributed by atoms with Crippen LogP contribution in [0.3, 0.4) is 0 Å². The van der Waals surface area contributed by atoms with Crippen molar-refractivity contribution in [3.8, 4) is 0 Å². The van der Waals surface area contributed by atoms with E-state index in [1.165, 1.54) is 11.6 Å². The van der Waals surface area contributed by atoms with Crippen LogP contribution >= 0.6 is 0 Å². The first-order chi connectivity index (χ1) is 8.93. The summed E-state index contributed by atoms with van der Waals surface area (Å²) in [4.78, 5) is 28.6. The molecule has 2 heterocycles. The molecule has 0 aliphatic rings. The van der Waals surface area contributed by atoms with E-state index in [1.54, 1.807) is 7.05 Å². The van der Waals surface area contributed by atoms with Gasteiger partial charge in [0.25, 0.3) is 5.56 Å². The Bertz CT molecular complexity index is 737. The van der Waals surface area contributed by atoms with Crippen molar-refractivity contribution in [1.29, 1.82) is 0 Å². The molecule has 19 heavy (non-hydrogen) atoms. The number of aryl methyl sites for hydroxylation is 2. The second kappa shape index (κ2) is 4.65. The third kappa shape index (κ3) is 1.81. The Morgan fingerprint density at radius 1 is 1.26 bits per heavy atom. The van der Waals surface area contributed by atoms with Gasteiger partial charge in [0.15, 0.2) is 11.2 Å². The molecule has 0 aromatic carbocycles. The quantitative estimate of drug-likeness (QED) is 0.811. The third-order valence-electron chi connectivity index (χ3n) is 3.46. The van der Waals surface area contributed by atoms with Gasteiger partial charge >= 0.3 is 5.69 Å². The van der Waals surface area contributed by atoms with Crippen LogP contribution in [-0.2, 0) is 20.5 Å². The molecule has 0 fully saturated rings. The lowest BCUT2D eigenvalue weighted by Crippen LogP contribution is -2.38. The summed E-state index contributed by atoms with van der Waals surface area (Å²) in [7, 11) is 3.09. The van der Waals surface area contributed by atoms with Crippen molar-refractivity contribution in [3.63, 3.8) is 0 Å². The SMILES string of the molecule is CCc1nc2c(c(=O)n(C)c(=O)n2C)n1C(C)CN. The monoisotopic (exact) mass is 265 g/mol. The van der Waals surface area contributed by atoms with Gasteiger partial charge in [0.05, 0.1) is 0 Å². The summed E-state index contributed by atoms with van der Waals surface area (Å²) in [5.74, 6) is 0.770. The van der Waals surface area contributed by atoms with E-state index in [1.807, 2.05) is 18.4 Å². The molecule has 2 aromatic heterocycles. The zero-order chi connectivity index (χ0) is 14.3. The summed E-state index contributed by atoms with van der Waals surface area (Å²) in [5.41, 5.74) is 5.88. The van der Waals surface area contributed by atoms with Crippen molar-refractivity contribution in [2.24, 2.45) is 19.8 Å². The highest BCUT2D eigenvalue weighted by Crippen LogP contribution is 2.17. The van der Waals surface area contributed by atoms with Crippen LogP contribution in [0.2, 0.25) is 0 Å². The molecule has 104 valence electrons. The maximum Gasteiger partial charge on any atom is 0.332 e. The fraction of sp³-hybridized carbons (Fsp3) is 0.583. The molecule has 2 aromatic rings. The maximum atomic E-state index is 12.3. The molecule has 0 saturated carbocycles. The molecule has 0 aliphatic carbocycles. The Kier molecular flexibility index (Phi) is 3.32. The second-order valence-electron chi connectivity index (χ2n) is 4.71. The Labute approximate surface area is 110 Å². The van der Waals surface area contributed by atoms with Crippen molar-refractivity contribution < 1.29 is 0 Å². The molecule has 0 bridgehead atoms. The van der Waals surface area contributed by atoms with Crippen LogP contribution in [-0.4, -0.2) is 25.2 Å². The van der Waals surface area contributed by atoms with Crippen LogP contribution in [0.15, 0.2) is 9.59 Å². The van der Waals surface area contributed by atoms with E-state index >= 15 is 0 Å². The summed E-state index contributed by atoms with van der Waals surface area (Å²) in [6, 6.07) is -0.0369. The number of nitrogens with zero attached hydrogens (tertiary/aromatic N) is 4. The average molecular weight is 265 g/mol. The molecular weight excluding hydrogens is 246 g/mol. The first kappa shape index (κ1) is 13.5. The van der Waals surface area contributed by atoms with Crippen LogP contribution in [0.1, 0.15) is 25.7 Å². The van der Waals surface area contributed by atoms with E-state index in [-0.39, 0.29) is 17.3 Å². The Hall–Kier alpha value is -1.89. The first-order valence-electron chi connectivity index (χ1n) is 6.30. The number of rotatable bonds is 3. The summed E-state index contributed by atoms with van der Waals surface area (Å²) >= 11 is 0. The van der Waals surface area contributed by atoms with E-state index in [0.29, 0.717) is 24.1 Å². The Morgan fingerprint density at radius 2 is 1.89 bits per heavy atom. The lowest BCUT2D eigenvalue weighted by molar-refractivity contribution is 0.547. The second-order valence-corrected chi connectivity index (χ2v) is 4.71. The lowest BCUT2D eigenvalue weighted by atomic mass is 10.3. The predicted molar refractivity (Wildman–Crippen MR) is 73.4 cm³/mol. The highest BCUT2D eigenvalue weighted by Gasteiger charge is 2.20. The average Bonchev–Trinajstić information content (AvgIpc) is 2.81. The number of imidazole rings is 1. The van der Waals surface area contributed by atoms with Crippen LogP contribution < -0.4 is 17.0 Å². The van der Waals surface area contributed by atoms with Crippen molar-refractivity contribution in [2.45, 2.75) is 26.3 Å². The Morgan fingerprint density at radius 3 is 2.42 bits per heavy atom. The molecule has 2 N–H and O–H groups in total. The van der Waals surface area contributed by atoms with Gasteiger partial charge in [-0.3, -0.25) is 13.9 Å². The number of hydrogen-bond donors (Lipinski definition) is 1. The number of nitrogens with two attached hydrogens (primary N) is 1. The highest BCUT2D eigenvalue weighted by molar-refractivity contribution is 5.71. The van der Waals surface area contributed by atoms with Gasteiger partial charge in [-0.05, 0) is 6.92 Å². The van der Waals surface area contributed by atoms with E-state index in [4.69, 9.17) is 5.73 Å². The minimum absolute atomic E-state index is 0.0369. The van der Waals surface area contributed by atoms with E-state index < -0.39 is 0 Å². The van der Waals surface area contributed by atoms with Gasteiger partial charge in [-0.15, -0.1) is 0 Å². The predicted octanol–water partition coefficient (Wildman–Crippen LogP) is -0.484. The van der Waals surface area contributed by atoms with Gasteiger partial charge < -0.3 is 10.3 Å². The highest BCUT2D eigenvalue weighted by atomic mass is 16.2. The van der Waals surface area contributed by atoms with E-state index in [9.17, 15) is 9.59 Å². The number of aromatic nitrogens is 4. The minimum atomic E-state index is -0.370. The standard InChI is InChI=1S/C12H19N5O2/c1-5-8-14-10-9(17(8)7(2)6-13)11(18)16(4)12(19)15(10)3/h7H,5-6,13H2,1-4H3. The van der Waals surface area contributed by atoms with Crippen molar-refractivity contribution in [2.75, 3.05) is 6.54 Å². The largest absolute Gasteiger partial charge is 0.332 e. The van der Waals surface area contributed by atoms with Gasteiger partial charge in [-0.1, -0.05) is 6.92 Å². The molecule has 1 unspecified atom stereocenters. The molecule has 1 atom stereocenters. The van der Waals surface area contributed by atoms with Gasteiger partial charge in [-0.2, -0.15) is 0 Å². The molecule has 7 heteroatoms. The molecule has 0 amide bonds. The van der Waals surface area contributed by atoms with Crippen molar-refractivity contribution in [3.05, 3.63) is 26.7 Å². The van der Waals surface area contributed by atoms with Crippen molar-refractivity contribution >= 4 is 11.2 Å². The first-order valence-corrected chi connectivity index (χ1v) is 6.30. The van der Waals surface area contributed by atoms with E-state index in [2.05, 4.69) is 4.98 Å². The summed E-state index contributed by atoms with van der Waals surface area (Å²) in [6.07, 6.45) is 0.677. The topological polar surface area (TPSA) is 87.8 Å². The fourth-order valence-electron chi connectivity index (χ4n) is 2.29. The lowest BCUT2D eigenvalue weighted by Gasteiger charge is -2.14. The maximum absolute atomic E-state index is 12.3. The number of hydrogen-bond acceptors (Lipinski definition) is 4. The summed E-state index contributed by atoms with van der Waals surface area (Å²) in [5, 5.41) is 0. The van der Waals surface area contributed by atoms with E-state index in [0.717, 1.165) is 10.4 Å². The number of fused-ring (bicyclic) bond motifs is 1. The van der Waals surface area contributed by atoms with Gasteiger partial charge in [0.2, 0.25) is 0 Å². The smallest absolute Gasteiger partial charge is 0.328 e. The molecule has 0 saturated heterocycles. The van der Waals surface area contributed by atoms with Crippen LogP contribution in [0.25, 0.3) is 11.2 Å². The van der Waals surface area contributed by atoms with Crippen LogP contribution in [0, 0.1) is 0 Å². The Balaban J connectivity index is 3.04. The van der Waals surface area contributed by atoms with Crippen LogP contribution in [0.4, 0.5) is 0 Å². The molecular formula is C12H19N5O2. The normalized spacial score (nSPS) is 13.1. The molecule has 0 radical (unpaired) electrons. The fourth-order valence-corrected chi connectivity index (χ4v) is 2.29. The van der Waals surface area contributed by atoms with Crippen molar-refractivity contribution in [1.82, 2.24) is 18.7 Å². The zero-order valence-corrected chi connectivity index (χ0v) is 11.7. The molecule has 2 rings (SSSR count). The molecule has 0 aliphatic heterocycles. The minimum Gasteiger partial charge on any atom is -0.328 e. The van der Waals surface area contributed by atoms with Gasteiger partial charge in [0.1, 0.15) is 5.82 Å². The van der Waals surface area contributed by atoms with Gasteiger partial charge in [0, 0.05) is 33.1 Å². The summed E-state index contributed by atoms with van der Waals surface area (Å²) < 4.78 is 4.34. The summed E-state index contributed by atoms with van der Waals surface area (Å²) in [6.45, 7) is 4.30. The molecule has 7 nitrogen and oxygen atoms in total. The zero-order valence-electron chi connectivity index (χ0n) is 11.7. The van der Waals surface area contributed by atoms with Crippen LogP contribution in [0.5, 0.6) is 0 Å². The third-order valence-corrected chi connectivity index (χ3v) is 3.46. The van der Waals surface area contributed by atoms with Gasteiger partial charge in [-0.25, -0.2) is 9.78 Å². The molecule has 0 spiro atoms.